The Bertz CT molecular complexity index is 923. The molecule has 26 heavy (non-hydrogen) atoms. The van der Waals surface area contributed by atoms with Crippen LogP contribution in [0.1, 0.15) is 17.5 Å². The first-order chi connectivity index (χ1) is 12.3. The number of nitriles is 1. The predicted molar refractivity (Wildman–Crippen MR) is 95.9 cm³/mol. The molecule has 0 aliphatic carbocycles. The standard InChI is InChI=1S/C18H18N4O4/c1-13-8-14(2)10-16(9-13)21(7-3-6-19)18(24)12-20-11-15(22(25)26)4-5-17(20)23/h4-5,8-11H,3,7,12H2,1-2H3. The lowest BCUT2D eigenvalue weighted by atomic mass is 10.1. The smallest absolute Gasteiger partial charge is 0.285 e. The average molecular weight is 354 g/mol. The fraction of sp³-hybridized carbons (Fsp3) is 0.278. The Balaban J connectivity index is 2.36. The van der Waals surface area contributed by atoms with Crippen molar-refractivity contribution in [3.05, 3.63) is 68.1 Å². The van der Waals surface area contributed by atoms with E-state index in [1.807, 2.05) is 38.1 Å². The van der Waals surface area contributed by atoms with E-state index in [-0.39, 0.29) is 25.2 Å². The van der Waals surface area contributed by atoms with Gasteiger partial charge in [0.25, 0.3) is 11.2 Å². The molecule has 2 aromatic rings. The fourth-order valence-corrected chi connectivity index (χ4v) is 2.65. The number of nitro groups is 1. The quantitative estimate of drug-likeness (QED) is 0.584. The highest BCUT2D eigenvalue weighted by atomic mass is 16.6. The molecule has 0 aliphatic heterocycles. The van der Waals surface area contributed by atoms with E-state index in [2.05, 4.69) is 0 Å². The number of pyridine rings is 1. The third-order valence-electron chi connectivity index (χ3n) is 3.75. The van der Waals surface area contributed by atoms with E-state index in [9.17, 15) is 19.7 Å². The van der Waals surface area contributed by atoms with Crippen molar-refractivity contribution >= 4 is 17.3 Å². The number of nitrogens with zero attached hydrogens (tertiary/aromatic N) is 4. The van der Waals surface area contributed by atoms with E-state index in [4.69, 9.17) is 5.26 Å². The molecule has 0 saturated carbocycles. The summed E-state index contributed by atoms with van der Waals surface area (Å²) in [5.74, 6) is -0.423. The van der Waals surface area contributed by atoms with Gasteiger partial charge in [-0.25, -0.2) is 0 Å². The molecule has 1 aromatic carbocycles. The summed E-state index contributed by atoms with van der Waals surface area (Å²) in [7, 11) is 0. The molecule has 2 rings (SSSR count). The highest BCUT2D eigenvalue weighted by Crippen LogP contribution is 2.20. The largest absolute Gasteiger partial charge is 0.310 e. The van der Waals surface area contributed by atoms with Gasteiger partial charge in [0, 0.05) is 24.4 Å². The summed E-state index contributed by atoms with van der Waals surface area (Å²) in [6, 6.07) is 9.75. The van der Waals surface area contributed by atoms with E-state index >= 15 is 0 Å². The monoisotopic (exact) mass is 354 g/mol. The number of aromatic nitrogens is 1. The number of aryl methyl sites for hydroxylation is 2. The van der Waals surface area contributed by atoms with Gasteiger partial charge in [-0.1, -0.05) is 6.07 Å². The van der Waals surface area contributed by atoms with Crippen LogP contribution in [0.25, 0.3) is 0 Å². The van der Waals surface area contributed by atoms with Gasteiger partial charge >= 0.3 is 0 Å². The van der Waals surface area contributed by atoms with Crippen LogP contribution in [0.3, 0.4) is 0 Å². The van der Waals surface area contributed by atoms with Gasteiger partial charge in [0.1, 0.15) is 6.54 Å². The second kappa shape index (κ2) is 8.07. The summed E-state index contributed by atoms with van der Waals surface area (Å²) in [6.07, 6.45) is 1.17. The van der Waals surface area contributed by atoms with Gasteiger partial charge in [0.2, 0.25) is 5.91 Å². The van der Waals surface area contributed by atoms with E-state index in [1.165, 1.54) is 4.90 Å². The fourth-order valence-electron chi connectivity index (χ4n) is 2.65. The Morgan fingerprint density at radius 3 is 2.50 bits per heavy atom. The van der Waals surface area contributed by atoms with Gasteiger partial charge in [-0.05, 0) is 37.1 Å². The molecule has 8 nitrogen and oxygen atoms in total. The summed E-state index contributed by atoms with van der Waals surface area (Å²) < 4.78 is 1.00. The molecule has 1 amide bonds. The molecule has 1 heterocycles. The van der Waals surface area contributed by atoms with Crippen molar-refractivity contribution in [2.75, 3.05) is 11.4 Å². The van der Waals surface area contributed by atoms with Crippen molar-refractivity contribution in [2.45, 2.75) is 26.8 Å². The number of hydrogen-bond donors (Lipinski definition) is 0. The van der Waals surface area contributed by atoms with Crippen molar-refractivity contribution in [3.8, 4) is 6.07 Å². The van der Waals surface area contributed by atoms with Crippen LogP contribution in [-0.2, 0) is 11.3 Å². The van der Waals surface area contributed by atoms with Crippen LogP contribution in [0, 0.1) is 35.3 Å². The van der Waals surface area contributed by atoms with Crippen molar-refractivity contribution in [3.63, 3.8) is 0 Å². The molecule has 0 bridgehead atoms. The first kappa shape index (κ1) is 18.9. The Hall–Kier alpha value is -3.47. The molecule has 8 heteroatoms. The highest BCUT2D eigenvalue weighted by molar-refractivity contribution is 5.93. The molecular formula is C18H18N4O4. The summed E-state index contributed by atoms with van der Waals surface area (Å²) in [5.41, 5.74) is 1.77. The molecule has 0 N–H and O–H groups in total. The Morgan fingerprint density at radius 2 is 1.92 bits per heavy atom. The van der Waals surface area contributed by atoms with Gasteiger partial charge < -0.3 is 4.90 Å². The van der Waals surface area contributed by atoms with Gasteiger partial charge in [-0.15, -0.1) is 0 Å². The molecule has 0 aliphatic rings. The number of anilines is 1. The minimum atomic E-state index is -0.627. The summed E-state index contributed by atoms with van der Waals surface area (Å²) in [6.45, 7) is 3.61. The summed E-state index contributed by atoms with van der Waals surface area (Å²) >= 11 is 0. The second-order valence-electron chi connectivity index (χ2n) is 5.91. The Labute approximate surface area is 150 Å². The lowest BCUT2D eigenvalue weighted by Crippen LogP contribution is -2.37. The minimum Gasteiger partial charge on any atom is -0.310 e. The van der Waals surface area contributed by atoms with Crippen molar-refractivity contribution < 1.29 is 9.72 Å². The molecule has 0 fully saturated rings. The minimum absolute atomic E-state index is 0.128. The first-order valence-electron chi connectivity index (χ1n) is 7.92. The van der Waals surface area contributed by atoms with Gasteiger partial charge in [0.15, 0.2) is 0 Å². The lowest BCUT2D eigenvalue weighted by molar-refractivity contribution is -0.385. The number of carbonyl (C=O) groups is 1. The van der Waals surface area contributed by atoms with Crippen LogP contribution >= 0.6 is 0 Å². The molecule has 134 valence electrons. The normalized spacial score (nSPS) is 10.2. The van der Waals surface area contributed by atoms with Crippen molar-refractivity contribution in [2.24, 2.45) is 0 Å². The third-order valence-corrected chi connectivity index (χ3v) is 3.75. The van der Waals surface area contributed by atoms with Crippen LogP contribution in [-0.4, -0.2) is 21.9 Å². The number of carbonyl (C=O) groups excluding carboxylic acids is 1. The number of benzene rings is 1. The van der Waals surface area contributed by atoms with Crippen LogP contribution in [0.5, 0.6) is 0 Å². The molecule has 1 aromatic heterocycles. The SMILES string of the molecule is Cc1cc(C)cc(N(CCC#N)C(=O)Cn2cc([N+](=O)[O-])ccc2=O)c1. The zero-order valence-electron chi connectivity index (χ0n) is 14.5. The molecule has 0 saturated heterocycles. The Kier molecular flexibility index (Phi) is 5.86. The number of amides is 1. The predicted octanol–water partition coefficient (Wildman–Crippen LogP) is 2.32. The number of hydrogen-bond acceptors (Lipinski definition) is 5. The van der Waals surface area contributed by atoms with E-state index in [0.717, 1.165) is 34.0 Å². The maximum Gasteiger partial charge on any atom is 0.285 e. The van der Waals surface area contributed by atoms with Crippen molar-refractivity contribution in [1.29, 1.82) is 5.26 Å². The van der Waals surface area contributed by atoms with Gasteiger partial charge in [0.05, 0.1) is 23.6 Å². The van der Waals surface area contributed by atoms with E-state index in [1.54, 1.807) is 0 Å². The molecular weight excluding hydrogens is 336 g/mol. The van der Waals surface area contributed by atoms with Gasteiger partial charge in [-0.3, -0.25) is 24.3 Å². The molecule has 0 atom stereocenters. The summed E-state index contributed by atoms with van der Waals surface area (Å²) in [5, 5.41) is 19.7. The lowest BCUT2D eigenvalue weighted by Gasteiger charge is -2.23. The molecule has 0 unspecified atom stereocenters. The van der Waals surface area contributed by atoms with Gasteiger partial charge in [-0.2, -0.15) is 5.26 Å². The number of rotatable bonds is 6. The maximum absolute atomic E-state index is 12.8. The zero-order chi connectivity index (χ0) is 19.3. The average Bonchev–Trinajstić information content (AvgIpc) is 2.56. The van der Waals surface area contributed by atoms with E-state index < -0.39 is 16.4 Å². The first-order valence-corrected chi connectivity index (χ1v) is 7.92. The zero-order valence-corrected chi connectivity index (χ0v) is 14.5. The second-order valence-corrected chi connectivity index (χ2v) is 5.91. The van der Waals surface area contributed by atoms with Crippen molar-refractivity contribution in [1.82, 2.24) is 4.57 Å². The van der Waals surface area contributed by atoms with Crippen LogP contribution < -0.4 is 10.5 Å². The van der Waals surface area contributed by atoms with Crippen LogP contribution in [0.15, 0.2) is 41.3 Å². The molecule has 0 spiro atoms. The summed E-state index contributed by atoms with van der Waals surface area (Å²) in [4.78, 5) is 36.4. The maximum atomic E-state index is 12.8. The Morgan fingerprint density at radius 1 is 1.27 bits per heavy atom. The van der Waals surface area contributed by atoms with Crippen LogP contribution in [0.2, 0.25) is 0 Å². The third kappa shape index (κ3) is 4.54. The van der Waals surface area contributed by atoms with Crippen LogP contribution in [0.4, 0.5) is 11.4 Å². The highest BCUT2D eigenvalue weighted by Gasteiger charge is 2.18. The topological polar surface area (TPSA) is 109 Å². The van der Waals surface area contributed by atoms with E-state index in [0.29, 0.717) is 5.69 Å². The molecule has 0 radical (unpaired) electrons.